The van der Waals surface area contributed by atoms with Crippen LogP contribution in [-0.2, 0) is 34.7 Å². The molecule has 7 heteroatoms. The second-order valence-electron chi connectivity index (χ2n) is 0.448. The molecular formula is CH3O5SZn-. The van der Waals surface area contributed by atoms with Crippen molar-refractivity contribution in [1.82, 2.24) is 0 Å². The third kappa shape index (κ3) is 6160. The first-order chi connectivity index (χ1) is 3.00. The molecule has 0 aromatic carbocycles. The quantitative estimate of drug-likeness (QED) is 0.224. The van der Waals surface area contributed by atoms with Crippen LogP contribution in [-0.4, -0.2) is 24.3 Å². The molecule has 0 heterocycles. The summed E-state index contributed by atoms with van der Waals surface area (Å²) >= 11 is 0. The van der Waals surface area contributed by atoms with E-state index in [0.717, 1.165) is 0 Å². The molecule has 0 unspecified atom stereocenters. The monoisotopic (exact) mass is 191 g/mol. The van der Waals surface area contributed by atoms with Crippen molar-refractivity contribution < 1.29 is 41.8 Å². The molecule has 0 aliphatic rings. The van der Waals surface area contributed by atoms with Crippen molar-refractivity contribution in [2.45, 2.75) is 0 Å². The van der Waals surface area contributed by atoms with Crippen LogP contribution in [0.1, 0.15) is 0 Å². The molecule has 46 valence electrons. The fourth-order valence-electron chi connectivity index (χ4n) is 0. The summed E-state index contributed by atoms with van der Waals surface area (Å²) in [4.78, 5) is 7.75. The zero-order valence-electron chi connectivity index (χ0n) is 3.81. The molecule has 5 nitrogen and oxygen atoms in total. The van der Waals surface area contributed by atoms with E-state index in [2.05, 4.69) is 6.79 Å². The van der Waals surface area contributed by atoms with Crippen LogP contribution < -0.4 is 0 Å². The molecule has 0 aromatic rings. The standard InChI is InChI=1S/CHO.H2O4S.Zn/c1-2;1-5(2,3)4;/h1H;(H2,1,2,3,4);/q-1;;. The Morgan fingerprint density at radius 2 is 1.12 bits per heavy atom. The van der Waals surface area contributed by atoms with Crippen molar-refractivity contribution in [2.24, 2.45) is 0 Å². The molecule has 0 atom stereocenters. The molecule has 0 aliphatic carbocycles. The van der Waals surface area contributed by atoms with Crippen LogP contribution in [0.2, 0.25) is 0 Å². The van der Waals surface area contributed by atoms with Gasteiger partial charge in [-0.2, -0.15) is 8.42 Å². The summed E-state index contributed by atoms with van der Waals surface area (Å²) in [5.41, 5.74) is 0. The molecule has 0 saturated carbocycles. The van der Waals surface area contributed by atoms with Crippen LogP contribution >= 0.6 is 0 Å². The first-order valence-electron chi connectivity index (χ1n) is 0.934. The predicted octanol–water partition coefficient (Wildman–Crippen LogP) is -0.929. The number of carbonyl (C=O) groups excluding carboxylic acids is 1. The molecule has 0 spiro atoms. The average molecular weight is 192 g/mol. The van der Waals surface area contributed by atoms with Crippen LogP contribution in [0, 0.1) is 0 Å². The van der Waals surface area contributed by atoms with Crippen LogP contribution in [0.3, 0.4) is 0 Å². The second kappa shape index (κ2) is 7.16. The molecule has 8 heavy (non-hydrogen) atoms. The smallest absolute Gasteiger partial charge is 0.394 e. The minimum Gasteiger partial charge on any atom is -0.545 e. The minimum atomic E-state index is -4.67. The summed E-state index contributed by atoms with van der Waals surface area (Å²) in [6.45, 7) is 3.25. The maximum absolute atomic E-state index is 8.74. The number of rotatable bonds is 0. The Morgan fingerprint density at radius 1 is 1.12 bits per heavy atom. The van der Waals surface area contributed by atoms with E-state index in [-0.39, 0.29) is 19.5 Å². The first kappa shape index (κ1) is 15.7. The van der Waals surface area contributed by atoms with Crippen molar-refractivity contribution in [2.75, 3.05) is 0 Å². The molecule has 0 bridgehead atoms. The van der Waals surface area contributed by atoms with Crippen molar-refractivity contribution in [3.05, 3.63) is 0 Å². The predicted molar refractivity (Wildman–Crippen MR) is 20.9 cm³/mol. The molecule has 0 saturated heterocycles. The zero-order chi connectivity index (χ0) is 6.50. The van der Waals surface area contributed by atoms with Gasteiger partial charge in [-0.1, -0.05) is 0 Å². The van der Waals surface area contributed by atoms with Gasteiger partial charge in [-0.3, -0.25) is 15.9 Å². The summed E-state index contributed by atoms with van der Waals surface area (Å²) in [6.07, 6.45) is 0. The maximum atomic E-state index is 8.74. The third-order valence-corrected chi connectivity index (χ3v) is 0. The van der Waals surface area contributed by atoms with Crippen molar-refractivity contribution in [3.8, 4) is 0 Å². The van der Waals surface area contributed by atoms with Crippen LogP contribution in [0.5, 0.6) is 0 Å². The fraction of sp³-hybridized carbons (Fsp3) is 0. The van der Waals surface area contributed by atoms with Gasteiger partial charge in [0.15, 0.2) is 0 Å². The average Bonchev–Trinajstić information content (AvgIpc) is 1.36. The Hall–Kier alpha value is 0.163. The van der Waals surface area contributed by atoms with Gasteiger partial charge in [0.2, 0.25) is 0 Å². The van der Waals surface area contributed by atoms with E-state index in [9.17, 15) is 0 Å². The minimum absolute atomic E-state index is 0. The van der Waals surface area contributed by atoms with Crippen molar-refractivity contribution in [3.63, 3.8) is 0 Å². The normalized spacial score (nSPS) is 7.75. The molecule has 0 rings (SSSR count). The Balaban J connectivity index is -0.0000000750. The number of hydrogen-bond donors (Lipinski definition) is 2. The van der Waals surface area contributed by atoms with Crippen molar-refractivity contribution in [1.29, 1.82) is 0 Å². The largest absolute Gasteiger partial charge is 0.545 e. The van der Waals surface area contributed by atoms with E-state index in [4.69, 9.17) is 22.3 Å². The fourth-order valence-corrected chi connectivity index (χ4v) is 0. The van der Waals surface area contributed by atoms with Crippen LogP contribution in [0.4, 0.5) is 0 Å². The maximum Gasteiger partial charge on any atom is 0.394 e. The van der Waals surface area contributed by atoms with E-state index in [1.54, 1.807) is 0 Å². The van der Waals surface area contributed by atoms with E-state index < -0.39 is 10.4 Å². The summed E-state index contributed by atoms with van der Waals surface area (Å²) < 4.78 is 31.6. The zero-order valence-corrected chi connectivity index (χ0v) is 7.60. The summed E-state index contributed by atoms with van der Waals surface area (Å²) in [5.74, 6) is 0. The molecule has 2 N–H and O–H groups in total. The van der Waals surface area contributed by atoms with E-state index in [1.807, 2.05) is 0 Å². The van der Waals surface area contributed by atoms with Gasteiger partial charge in [-0.05, 0) is 0 Å². The molecule has 0 aromatic heterocycles. The van der Waals surface area contributed by atoms with Gasteiger partial charge < -0.3 is 4.79 Å². The Morgan fingerprint density at radius 3 is 1.12 bits per heavy atom. The first-order valence-corrected chi connectivity index (χ1v) is 2.33. The SMILES string of the molecule is O=S(=O)(O)O.[CH-]=O.[Zn]. The van der Waals surface area contributed by atoms with Gasteiger partial charge in [0.1, 0.15) is 0 Å². The molecular weight excluding hydrogens is 189 g/mol. The van der Waals surface area contributed by atoms with Gasteiger partial charge in [0.25, 0.3) is 0 Å². The van der Waals surface area contributed by atoms with E-state index in [1.165, 1.54) is 0 Å². The van der Waals surface area contributed by atoms with Gasteiger partial charge in [-0.15, -0.1) is 0 Å². The summed E-state index contributed by atoms with van der Waals surface area (Å²) in [6, 6.07) is 0. The third-order valence-electron chi connectivity index (χ3n) is 0. The second-order valence-corrected chi connectivity index (χ2v) is 1.34. The Kier molecular flexibility index (Phi) is 14.1. The molecule has 0 radical (unpaired) electrons. The number of hydrogen-bond acceptors (Lipinski definition) is 3. The van der Waals surface area contributed by atoms with Gasteiger partial charge in [-0.25, -0.2) is 0 Å². The summed E-state index contributed by atoms with van der Waals surface area (Å²) in [7, 11) is -4.67. The molecule has 0 amide bonds. The summed E-state index contributed by atoms with van der Waals surface area (Å²) in [5, 5.41) is 0. The van der Waals surface area contributed by atoms with E-state index in [0.29, 0.717) is 0 Å². The molecule has 0 fully saturated rings. The topological polar surface area (TPSA) is 91.7 Å². The Labute approximate surface area is 59.4 Å². The van der Waals surface area contributed by atoms with Gasteiger partial charge in [0, 0.05) is 19.5 Å². The van der Waals surface area contributed by atoms with Gasteiger partial charge >= 0.3 is 10.4 Å². The van der Waals surface area contributed by atoms with E-state index >= 15 is 0 Å². The van der Waals surface area contributed by atoms with Gasteiger partial charge in [0.05, 0.1) is 0 Å². The van der Waals surface area contributed by atoms with Crippen LogP contribution in [0.25, 0.3) is 0 Å². The Bertz CT molecular complexity index is 106. The molecule has 0 aliphatic heterocycles. The van der Waals surface area contributed by atoms with Crippen molar-refractivity contribution >= 4 is 17.2 Å². The van der Waals surface area contributed by atoms with Crippen LogP contribution in [0.15, 0.2) is 0 Å².